The molecule has 1 unspecified atom stereocenters. The van der Waals surface area contributed by atoms with Crippen LogP contribution in [0.3, 0.4) is 0 Å². The van der Waals surface area contributed by atoms with Gasteiger partial charge in [0.2, 0.25) is 0 Å². The number of carboxylic acids is 1. The molecular weight excluding hydrogens is 502 g/mol. The molecule has 2 N–H and O–H groups in total. The molecule has 0 fully saturated rings. The fourth-order valence-corrected chi connectivity index (χ4v) is 5.46. The second-order valence-corrected chi connectivity index (χ2v) is 10.6. The van der Waals surface area contributed by atoms with E-state index in [0.29, 0.717) is 32.4 Å². The Morgan fingerprint density at radius 1 is 1.17 bits per heavy atom. The zero-order chi connectivity index (χ0) is 24.6. The van der Waals surface area contributed by atoms with Crippen molar-refractivity contribution in [2.75, 3.05) is 13.1 Å². The van der Waals surface area contributed by atoms with Gasteiger partial charge in [-0.15, -0.1) is 22.7 Å². The average Bonchev–Trinajstić information content (AvgIpc) is 3.53. The number of carbonyl (C=O) groups is 2. The van der Waals surface area contributed by atoms with Crippen LogP contribution in [0.4, 0.5) is 4.79 Å². The van der Waals surface area contributed by atoms with Crippen LogP contribution >= 0.6 is 34.4 Å². The van der Waals surface area contributed by atoms with E-state index >= 15 is 0 Å². The zero-order valence-electron chi connectivity index (χ0n) is 18.7. The summed E-state index contributed by atoms with van der Waals surface area (Å²) >= 11 is 3.83. The third-order valence-electron chi connectivity index (χ3n) is 5.20. The summed E-state index contributed by atoms with van der Waals surface area (Å²) in [5.41, 5.74) is 1.87. The van der Waals surface area contributed by atoms with Crippen LogP contribution in [0, 0.1) is 11.8 Å². The van der Waals surface area contributed by atoms with Crippen molar-refractivity contribution in [2.45, 2.75) is 25.4 Å². The van der Waals surface area contributed by atoms with Crippen LogP contribution in [0.25, 0.3) is 0 Å². The molecule has 2 aromatic heterocycles. The number of aliphatic hydroxyl groups excluding tert-OH is 1. The minimum Gasteiger partial charge on any atom is -0.477 e. The van der Waals surface area contributed by atoms with E-state index in [0.717, 1.165) is 32.8 Å². The van der Waals surface area contributed by atoms with Gasteiger partial charge in [0.15, 0.2) is 5.01 Å². The molecule has 1 amide bonds. The number of hydrazine groups is 1. The van der Waals surface area contributed by atoms with Gasteiger partial charge in [0.25, 0.3) is 0 Å². The van der Waals surface area contributed by atoms with Gasteiger partial charge in [-0.1, -0.05) is 18.1 Å². The summed E-state index contributed by atoms with van der Waals surface area (Å²) in [6.45, 7) is 0.921. The number of thiophene rings is 1. The zero-order valence-corrected chi connectivity index (χ0v) is 21.1. The Bertz CT molecular complexity index is 1260. The van der Waals surface area contributed by atoms with Gasteiger partial charge in [-0.05, 0) is 65.8 Å². The Morgan fingerprint density at radius 2 is 2.06 bits per heavy atom. The Hall–Kier alpha value is -3.10. The van der Waals surface area contributed by atoms with Crippen molar-refractivity contribution in [3.05, 3.63) is 85.5 Å². The summed E-state index contributed by atoms with van der Waals surface area (Å²) < 4.78 is 0. The van der Waals surface area contributed by atoms with Gasteiger partial charge in [0.1, 0.15) is 4.88 Å². The predicted octanol–water partition coefficient (Wildman–Crippen LogP) is 4.70. The first kappa shape index (κ1) is 25.0. The van der Waals surface area contributed by atoms with Crippen LogP contribution in [0.5, 0.6) is 0 Å². The first-order valence-corrected chi connectivity index (χ1v) is 13.5. The van der Waals surface area contributed by atoms with Gasteiger partial charge < -0.3 is 10.2 Å². The van der Waals surface area contributed by atoms with Crippen molar-refractivity contribution < 1.29 is 19.8 Å². The van der Waals surface area contributed by atoms with E-state index in [-0.39, 0.29) is 10.1 Å². The number of hydrogen-bond donors (Lipinski definition) is 2. The van der Waals surface area contributed by atoms with E-state index in [1.807, 2.05) is 40.9 Å². The lowest BCUT2D eigenvalue weighted by molar-refractivity contribution is 0.0548. The lowest BCUT2D eigenvalue weighted by Gasteiger charge is -2.36. The number of aromatic carboxylic acids is 1. The monoisotopic (exact) mass is 525 g/mol. The van der Waals surface area contributed by atoms with Crippen molar-refractivity contribution in [3.63, 3.8) is 0 Å². The topological polar surface area (TPSA) is 94.0 Å². The highest BCUT2D eigenvalue weighted by Gasteiger charge is 2.23. The van der Waals surface area contributed by atoms with Crippen molar-refractivity contribution in [2.24, 2.45) is 0 Å². The molecule has 3 aromatic rings. The van der Waals surface area contributed by atoms with Crippen LogP contribution < -0.4 is 0 Å². The Kier molecular flexibility index (Phi) is 8.60. The number of thiazole rings is 1. The smallest absolute Gasteiger partial charge is 0.345 e. The van der Waals surface area contributed by atoms with E-state index in [9.17, 15) is 14.7 Å². The van der Waals surface area contributed by atoms with Crippen LogP contribution in [-0.4, -0.2) is 55.6 Å². The van der Waals surface area contributed by atoms with E-state index in [1.165, 1.54) is 22.7 Å². The lowest BCUT2D eigenvalue weighted by Crippen LogP contribution is -2.45. The number of carbonyl (C=O) groups excluding carboxylic acids is 1. The van der Waals surface area contributed by atoms with Crippen LogP contribution in [-0.2, 0) is 12.8 Å². The summed E-state index contributed by atoms with van der Waals surface area (Å²) in [7, 11) is 0. The molecule has 0 saturated carbocycles. The molecule has 0 aliphatic carbocycles. The third kappa shape index (κ3) is 7.19. The molecule has 1 atom stereocenters. The molecule has 1 aliphatic rings. The van der Waals surface area contributed by atoms with Crippen LogP contribution in [0.1, 0.15) is 37.1 Å². The Balaban J connectivity index is 1.31. The molecule has 3 heterocycles. The number of nitrogens with zero attached hydrogens (tertiary/aromatic N) is 3. The predicted molar refractivity (Wildman–Crippen MR) is 139 cm³/mol. The minimum absolute atomic E-state index is 0.0940. The number of benzene rings is 1. The first-order chi connectivity index (χ1) is 17.0. The largest absolute Gasteiger partial charge is 0.477 e. The highest BCUT2D eigenvalue weighted by atomic mass is 32.2. The SMILES string of the molecule is O=C(O)c1ccc(CCN2C(=O)SC=CN2CCC(O)Cc2cccc(C#Cc3nccs3)c2)s1. The third-order valence-corrected chi connectivity index (χ3v) is 7.69. The van der Waals surface area contributed by atoms with E-state index < -0.39 is 12.1 Å². The molecule has 10 heteroatoms. The number of hydrogen-bond acceptors (Lipinski definition) is 8. The number of amides is 1. The van der Waals surface area contributed by atoms with Gasteiger partial charge in [-0.3, -0.25) is 9.80 Å². The summed E-state index contributed by atoms with van der Waals surface area (Å²) in [5, 5.41) is 27.5. The second-order valence-electron chi connectivity index (χ2n) is 7.71. The van der Waals surface area contributed by atoms with Crippen LogP contribution in [0.15, 0.2) is 59.6 Å². The number of rotatable bonds is 9. The number of thioether (sulfide) groups is 1. The molecule has 1 aromatic carbocycles. The van der Waals surface area contributed by atoms with Crippen molar-refractivity contribution in [3.8, 4) is 11.8 Å². The van der Waals surface area contributed by atoms with E-state index in [4.69, 9.17) is 5.11 Å². The second kappa shape index (κ2) is 12.0. The molecule has 0 spiro atoms. The Labute approximate surface area is 215 Å². The summed E-state index contributed by atoms with van der Waals surface area (Å²) in [5.74, 6) is 5.21. The van der Waals surface area contributed by atoms with Gasteiger partial charge in [0.05, 0.1) is 6.10 Å². The highest BCUT2D eigenvalue weighted by Crippen LogP contribution is 2.23. The highest BCUT2D eigenvalue weighted by molar-refractivity contribution is 8.16. The molecule has 0 radical (unpaired) electrons. The van der Waals surface area contributed by atoms with Crippen molar-refractivity contribution in [1.29, 1.82) is 0 Å². The van der Waals surface area contributed by atoms with Crippen molar-refractivity contribution >= 4 is 45.6 Å². The fourth-order valence-electron chi connectivity index (χ4n) is 3.51. The van der Waals surface area contributed by atoms with E-state index in [2.05, 4.69) is 16.8 Å². The number of carboxylic acid groups (broad SMARTS) is 1. The maximum Gasteiger partial charge on any atom is 0.345 e. The summed E-state index contributed by atoms with van der Waals surface area (Å²) in [6.07, 6.45) is 4.52. The number of aliphatic hydroxyl groups is 1. The molecule has 0 bridgehead atoms. The lowest BCUT2D eigenvalue weighted by atomic mass is 10.0. The molecule has 35 heavy (non-hydrogen) atoms. The Morgan fingerprint density at radius 3 is 2.83 bits per heavy atom. The van der Waals surface area contributed by atoms with Gasteiger partial charge in [0, 0.05) is 47.7 Å². The quantitative estimate of drug-likeness (QED) is 0.391. The van der Waals surface area contributed by atoms with Crippen LogP contribution in [0.2, 0.25) is 0 Å². The number of aromatic nitrogens is 1. The average molecular weight is 526 g/mol. The first-order valence-electron chi connectivity index (χ1n) is 10.9. The maximum absolute atomic E-state index is 12.5. The van der Waals surface area contributed by atoms with Gasteiger partial charge in [-0.25, -0.2) is 14.8 Å². The minimum atomic E-state index is -0.943. The molecular formula is C25H23N3O4S3. The molecule has 4 rings (SSSR count). The standard InChI is InChI=1S/C25H23N3O4S3/c29-20(17-19-3-1-2-18(16-19)4-7-23-26-10-14-33-23)8-11-27-13-15-34-25(32)28(27)12-9-21-5-6-22(35-21)24(30)31/h1-3,5-6,10,13-16,20,29H,8-9,11-12,17H2,(H,30,31). The summed E-state index contributed by atoms with van der Waals surface area (Å²) in [6, 6.07) is 11.2. The molecule has 180 valence electrons. The van der Waals surface area contributed by atoms with Crippen molar-refractivity contribution in [1.82, 2.24) is 15.0 Å². The van der Waals surface area contributed by atoms with Gasteiger partial charge in [-0.2, -0.15) is 0 Å². The maximum atomic E-state index is 12.5. The summed E-state index contributed by atoms with van der Waals surface area (Å²) in [4.78, 5) is 28.9. The van der Waals surface area contributed by atoms with Gasteiger partial charge >= 0.3 is 11.2 Å². The normalized spacial score (nSPS) is 14.0. The molecule has 0 saturated heterocycles. The molecule has 7 nitrogen and oxygen atoms in total. The van der Waals surface area contributed by atoms with E-state index in [1.54, 1.807) is 28.7 Å². The molecule has 1 aliphatic heterocycles. The fraction of sp³-hybridized carbons (Fsp3) is 0.240.